The lowest BCUT2D eigenvalue weighted by Crippen LogP contribution is -2.33. The Morgan fingerprint density at radius 3 is 2.67 bits per heavy atom. The molecule has 0 saturated heterocycles. The standard InChI is InChI=1S/C12H18N2O/c1-9(2)14(3)12(15)11-6-4-5-10(7-11)8-13/h4-7,9H,8,13H2,1-3H3. The minimum Gasteiger partial charge on any atom is -0.339 e. The average molecular weight is 206 g/mol. The van der Waals surface area contributed by atoms with Crippen LogP contribution in [0.2, 0.25) is 0 Å². The number of carbonyl (C=O) groups is 1. The minimum atomic E-state index is 0.0419. The molecule has 0 aliphatic rings. The molecular weight excluding hydrogens is 188 g/mol. The van der Waals surface area contributed by atoms with Crippen LogP contribution in [0, 0.1) is 0 Å². The number of hydrogen-bond acceptors (Lipinski definition) is 2. The minimum absolute atomic E-state index is 0.0419. The van der Waals surface area contributed by atoms with Gasteiger partial charge in [0, 0.05) is 25.2 Å². The van der Waals surface area contributed by atoms with Crippen molar-refractivity contribution in [2.45, 2.75) is 26.4 Å². The van der Waals surface area contributed by atoms with Crippen LogP contribution >= 0.6 is 0 Å². The van der Waals surface area contributed by atoms with Crippen molar-refractivity contribution < 1.29 is 4.79 Å². The Hall–Kier alpha value is -1.35. The summed E-state index contributed by atoms with van der Waals surface area (Å²) < 4.78 is 0. The predicted octanol–water partition coefficient (Wildman–Crippen LogP) is 1.63. The fourth-order valence-electron chi connectivity index (χ4n) is 1.27. The molecule has 0 spiro atoms. The van der Waals surface area contributed by atoms with Crippen molar-refractivity contribution in [3.63, 3.8) is 0 Å². The number of carbonyl (C=O) groups excluding carboxylic acids is 1. The fourth-order valence-corrected chi connectivity index (χ4v) is 1.27. The molecule has 3 nitrogen and oxygen atoms in total. The first-order valence-corrected chi connectivity index (χ1v) is 5.12. The molecule has 1 aromatic rings. The van der Waals surface area contributed by atoms with E-state index in [4.69, 9.17) is 5.73 Å². The first-order chi connectivity index (χ1) is 7.06. The summed E-state index contributed by atoms with van der Waals surface area (Å²) in [6.07, 6.45) is 0. The third-order valence-electron chi connectivity index (χ3n) is 2.50. The summed E-state index contributed by atoms with van der Waals surface area (Å²) in [6.45, 7) is 4.45. The van der Waals surface area contributed by atoms with Gasteiger partial charge in [0.1, 0.15) is 0 Å². The van der Waals surface area contributed by atoms with Crippen LogP contribution in [0.1, 0.15) is 29.8 Å². The lowest BCUT2D eigenvalue weighted by molar-refractivity contribution is 0.0755. The average Bonchev–Trinajstić information content (AvgIpc) is 2.27. The molecule has 0 aliphatic carbocycles. The molecule has 15 heavy (non-hydrogen) atoms. The van der Waals surface area contributed by atoms with Crippen LogP contribution in [0.25, 0.3) is 0 Å². The second kappa shape index (κ2) is 4.94. The zero-order valence-corrected chi connectivity index (χ0v) is 9.53. The molecule has 0 heterocycles. The molecule has 0 radical (unpaired) electrons. The van der Waals surface area contributed by atoms with Crippen LogP contribution < -0.4 is 5.73 Å². The van der Waals surface area contributed by atoms with Gasteiger partial charge in [0.2, 0.25) is 0 Å². The molecule has 0 saturated carbocycles. The van der Waals surface area contributed by atoms with Gasteiger partial charge < -0.3 is 10.6 Å². The summed E-state index contributed by atoms with van der Waals surface area (Å²) in [5.41, 5.74) is 7.22. The number of nitrogens with zero attached hydrogens (tertiary/aromatic N) is 1. The van der Waals surface area contributed by atoms with E-state index in [0.29, 0.717) is 12.1 Å². The molecule has 0 aromatic heterocycles. The number of amides is 1. The van der Waals surface area contributed by atoms with Crippen molar-refractivity contribution in [1.29, 1.82) is 0 Å². The van der Waals surface area contributed by atoms with E-state index in [1.165, 1.54) is 0 Å². The zero-order chi connectivity index (χ0) is 11.4. The Bertz CT molecular complexity index is 347. The number of nitrogens with two attached hydrogens (primary N) is 1. The smallest absolute Gasteiger partial charge is 0.253 e. The number of benzene rings is 1. The Morgan fingerprint density at radius 2 is 2.13 bits per heavy atom. The monoisotopic (exact) mass is 206 g/mol. The molecule has 0 fully saturated rings. The van der Waals surface area contributed by atoms with Crippen molar-refractivity contribution in [3.8, 4) is 0 Å². The quantitative estimate of drug-likeness (QED) is 0.817. The topological polar surface area (TPSA) is 46.3 Å². The van der Waals surface area contributed by atoms with E-state index in [-0.39, 0.29) is 11.9 Å². The van der Waals surface area contributed by atoms with Crippen molar-refractivity contribution in [3.05, 3.63) is 35.4 Å². The van der Waals surface area contributed by atoms with Crippen LogP contribution in [-0.4, -0.2) is 23.9 Å². The van der Waals surface area contributed by atoms with Gasteiger partial charge in [0.25, 0.3) is 5.91 Å². The van der Waals surface area contributed by atoms with Gasteiger partial charge >= 0.3 is 0 Å². The van der Waals surface area contributed by atoms with E-state index in [9.17, 15) is 4.79 Å². The second-order valence-corrected chi connectivity index (χ2v) is 3.91. The van der Waals surface area contributed by atoms with Gasteiger partial charge in [-0.05, 0) is 31.5 Å². The van der Waals surface area contributed by atoms with Crippen molar-refractivity contribution in [2.75, 3.05) is 7.05 Å². The van der Waals surface area contributed by atoms with Crippen LogP contribution in [0.5, 0.6) is 0 Å². The zero-order valence-electron chi connectivity index (χ0n) is 9.53. The van der Waals surface area contributed by atoms with Crippen LogP contribution in [0.4, 0.5) is 0 Å². The van der Waals surface area contributed by atoms with E-state index in [0.717, 1.165) is 5.56 Å². The summed E-state index contributed by atoms with van der Waals surface area (Å²) >= 11 is 0. The highest BCUT2D eigenvalue weighted by atomic mass is 16.2. The maximum Gasteiger partial charge on any atom is 0.253 e. The molecule has 0 unspecified atom stereocenters. The Kier molecular flexibility index (Phi) is 3.86. The summed E-state index contributed by atoms with van der Waals surface area (Å²) in [6, 6.07) is 7.66. The lowest BCUT2D eigenvalue weighted by atomic mass is 10.1. The molecule has 82 valence electrons. The Labute approximate surface area is 90.9 Å². The highest BCUT2D eigenvalue weighted by molar-refractivity contribution is 5.94. The Morgan fingerprint density at radius 1 is 1.47 bits per heavy atom. The summed E-state index contributed by atoms with van der Waals surface area (Å²) in [5.74, 6) is 0.0419. The highest BCUT2D eigenvalue weighted by Gasteiger charge is 2.13. The normalized spacial score (nSPS) is 10.5. The van der Waals surface area contributed by atoms with Crippen LogP contribution in [0.3, 0.4) is 0 Å². The molecule has 0 aliphatic heterocycles. The molecule has 1 aromatic carbocycles. The first-order valence-electron chi connectivity index (χ1n) is 5.12. The third kappa shape index (κ3) is 2.80. The van der Waals surface area contributed by atoms with Crippen LogP contribution in [0.15, 0.2) is 24.3 Å². The molecule has 1 rings (SSSR count). The number of rotatable bonds is 3. The maximum absolute atomic E-state index is 11.9. The van der Waals surface area contributed by atoms with Crippen molar-refractivity contribution in [1.82, 2.24) is 4.90 Å². The van der Waals surface area contributed by atoms with Gasteiger partial charge in [-0.2, -0.15) is 0 Å². The summed E-state index contributed by atoms with van der Waals surface area (Å²) in [4.78, 5) is 13.7. The third-order valence-corrected chi connectivity index (χ3v) is 2.50. The van der Waals surface area contributed by atoms with E-state index < -0.39 is 0 Å². The van der Waals surface area contributed by atoms with Gasteiger partial charge in [-0.1, -0.05) is 12.1 Å². The van der Waals surface area contributed by atoms with Crippen LogP contribution in [-0.2, 0) is 6.54 Å². The maximum atomic E-state index is 11.9. The molecule has 2 N–H and O–H groups in total. The number of hydrogen-bond donors (Lipinski definition) is 1. The van der Waals surface area contributed by atoms with Gasteiger partial charge in [-0.3, -0.25) is 4.79 Å². The first kappa shape index (κ1) is 11.7. The SMILES string of the molecule is CC(C)N(C)C(=O)c1cccc(CN)c1. The molecular formula is C12H18N2O. The summed E-state index contributed by atoms with van der Waals surface area (Å²) in [5, 5.41) is 0. The fraction of sp³-hybridized carbons (Fsp3) is 0.417. The van der Waals surface area contributed by atoms with Gasteiger partial charge in [-0.15, -0.1) is 0 Å². The van der Waals surface area contributed by atoms with E-state index in [1.807, 2.05) is 45.2 Å². The van der Waals surface area contributed by atoms with Gasteiger partial charge in [0.15, 0.2) is 0 Å². The van der Waals surface area contributed by atoms with Crippen molar-refractivity contribution in [2.24, 2.45) is 5.73 Å². The summed E-state index contributed by atoms with van der Waals surface area (Å²) in [7, 11) is 1.81. The Balaban J connectivity index is 2.91. The molecule has 0 atom stereocenters. The molecule has 3 heteroatoms. The van der Waals surface area contributed by atoms with Crippen molar-refractivity contribution >= 4 is 5.91 Å². The molecule has 1 amide bonds. The van der Waals surface area contributed by atoms with E-state index >= 15 is 0 Å². The lowest BCUT2D eigenvalue weighted by Gasteiger charge is -2.21. The van der Waals surface area contributed by atoms with E-state index in [1.54, 1.807) is 4.90 Å². The second-order valence-electron chi connectivity index (χ2n) is 3.91. The highest BCUT2D eigenvalue weighted by Crippen LogP contribution is 2.09. The predicted molar refractivity (Wildman–Crippen MR) is 61.6 cm³/mol. The van der Waals surface area contributed by atoms with Gasteiger partial charge in [0.05, 0.1) is 0 Å². The molecule has 0 bridgehead atoms. The van der Waals surface area contributed by atoms with E-state index in [2.05, 4.69) is 0 Å². The van der Waals surface area contributed by atoms with Gasteiger partial charge in [-0.25, -0.2) is 0 Å². The largest absolute Gasteiger partial charge is 0.339 e.